The maximum absolute atomic E-state index is 13.6. The highest BCUT2D eigenvalue weighted by molar-refractivity contribution is 9.10. The molecular formula is C10H6BrClFNO3S. The zero-order valence-corrected chi connectivity index (χ0v) is 11.9. The zero-order valence-electron chi connectivity index (χ0n) is 8.73. The van der Waals surface area contributed by atoms with Gasteiger partial charge < -0.3 is 4.52 Å². The predicted octanol–water partition coefficient (Wildman–Crippen LogP) is 3.31. The van der Waals surface area contributed by atoms with Crippen molar-refractivity contribution >= 4 is 35.7 Å². The highest BCUT2D eigenvalue weighted by Gasteiger charge is 2.15. The molecule has 0 bridgehead atoms. The van der Waals surface area contributed by atoms with Crippen molar-refractivity contribution in [2.75, 3.05) is 0 Å². The topological polar surface area (TPSA) is 60.2 Å². The molecule has 0 N–H and O–H groups in total. The van der Waals surface area contributed by atoms with Crippen LogP contribution in [0.4, 0.5) is 4.39 Å². The van der Waals surface area contributed by atoms with Crippen LogP contribution in [0.25, 0.3) is 11.3 Å². The van der Waals surface area contributed by atoms with Crippen LogP contribution in [-0.4, -0.2) is 13.6 Å². The first-order chi connectivity index (χ1) is 8.35. The largest absolute Gasteiger partial charge is 0.356 e. The Kier molecular flexibility index (Phi) is 3.74. The van der Waals surface area contributed by atoms with Gasteiger partial charge in [0.25, 0.3) is 0 Å². The molecule has 2 rings (SSSR count). The van der Waals surface area contributed by atoms with Crippen LogP contribution in [0.2, 0.25) is 0 Å². The van der Waals surface area contributed by atoms with E-state index in [2.05, 4.69) is 21.1 Å². The van der Waals surface area contributed by atoms with Crippen molar-refractivity contribution in [1.29, 1.82) is 0 Å². The summed E-state index contributed by atoms with van der Waals surface area (Å²) in [5.41, 5.74) is 0.325. The van der Waals surface area contributed by atoms with Crippen molar-refractivity contribution in [2.24, 2.45) is 0 Å². The molecule has 0 spiro atoms. The third-order valence-corrected chi connectivity index (χ3v) is 3.54. The first kappa shape index (κ1) is 13.5. The smallest absolute Gasteiger partial charge is 0.238 e. The van der Waals surface area contributed by atoms with E-state index >= 15 is 0 Å². The summed E-state index contributed by atoms with van der Waals surface area (Å²) in [6, 6.07) is 5.75. The Hall–Kier alpha value is -0.920. The summed E-state index contributed by atoms with van der Waals surface area (Å²) in [5.74, 6) is -0.813. The highest BCUT2D eigenvalue weighted by Crippen LogP contribution is 2.26. The van der Waals surface area contributed by atoms with Gasteiger partial charge in [0.15, 0.2) is 5.76 Å². The SMILES string of the molecule is O=S(=O)(Cl)Cc1cc(-c2ccc(Br)cc2F)on1. The standard InChI is InChI=1S/C10H6BrClFNO3S/c11-6-1-2-8(9(13)3-6)10-4-7(14-17-10)5-18(12,15)16/h1-4H,5H2. The second-order valence-electron chi connectivity index (χ2n) is 3.49. The predicted molar refractivity (Wildman–Crippen MR) is 68.1 cm³/mol. The maximum Gasteiger partial charge on any atom is 0.238 e. The summed E-state index contributed by atoms with van der Waals surface area (Å²) >= 11 is 3.13. The average Bonchev–Trinajstić information content (AvgIpc) is 2.63. The molecule has 0 aliphatic heterocycles. The maximum atomic E-state index is 13.6. The lowest BCUT2D eigenvalue weighted by atomic mass is 10.1. The van der Waals surface area contributed by atoms with Crippen LogP contribution < -0.4 is 0 Å². The van der Waals surface area contributed by atoms with Gasteiger partial charge in [-0.3, -0.25) is 0 Å². The number of aromatic nitrogens is 1. The molecule has 0 unspecified atom stereocenters. The third-order valence-electron chi connectivity index (χ3n) is 2.08. The lowest BCUT2D eigenvalue weighted by Gasteiger charge is -1.98. The summed E-state index contributed by atoms with van der Waals surface area (Å²) in [7, 11) is 1.37. The molecular weight excluding hydrogens is 349 g/mol. The minimum absolute atomic E-state index is 0.127. The van der Waals surface area contributed by atoms with E-state index in [4.69, 9.17) is 15.2 Å². The molecule has 0 atom stereocenters. The normalized spacial score (nSPS) is 11.7. The van der Waals surface area contributed by atoms with Crippen LogP contribution in [0.1, 0.15) is 5.69 Å². The van der Waals surface area contributed by atoms with Crippen molar-refractivity contribution < 1.29 is 17.3 Å². The number of benzene rings is 1. The van der Waals surface area contributed by atoms with E-state index in [1.54, 1.807) is 6.07 Å². The summed E-state index contributed by atoms with van der Waals surface area (Å²) in [5, 5.41) is 3.52. The van der Waals surface area contributed by atoms with E-state index in [0.29, 0.717) is 4.47 Å². The monoisotopic (exact) mass is 353 g/mol. The van der Waals surface area contributed by atoms with Crippen molar-refractivity contribution in [3.05, 3.63) is 40.2 Å². The van der Waals surface area contributed by atoms with E-state index in [1.165, 1.54) is 18.2 Å². The fourth-order valence-electron chi connectivity index (χ4n) is 1.37. The Morgan fingerprint density at radius 1 is 1.39 bits per heavy atom. The Bertz CT molecular complexity index is 686. The van der Waals surface area contributed by atoms with Crippen LogP contribution in [-0.2, 0) is 14.8 Å². The van der Waals surface area contributed by atoms with Gasteiger partial charge in [-0.25, -0.2) is 12.8 Å². The molecule has 2 aromatic rings. The fraction of sp³-hybridized carbons (Fsp3) is 0.100. The lowest BCUT2D eigenvalue weighted by molar-refractivity contribution is 0.423. The van der Waals surface area contributed by atoms with Crippen molar-refractivity contribution in [3.63, 3.8) is 0 Å². The highest BCUT2D eigenvalue weighted by atomic mass is 79.9. The first-order valence-electron chi connectivity index (χ1n) is 4.68. The lowest BCUT2D eigenvalue weighted by Crippen LogP contribution is -1.94. The van der Waals surface area contributed by atoms with Gasteiger partial charge >= 0.3 is 0 Å². The van der Waals surface area contributed by atoms with Crippen LogP contribution in [0, 0.1) is 5.82 Å². The summed E-state index contributed by atoms with van der Waals surface area (Å²) in [6.07, 6.45) is 0. The number of nitrogens with zero attached hydrogens (tertiary/aromatic N) is 1. The minimum Gasteiger partial charge on any atom is -0.356 e. The minimum atomic E-state index is -3.71. The number of hydrogen-bond donors (Lipinski definition) is 0. The van der Waals surface area contributed by atoms with Crippen molar-refractivity contribution in [3.8, 4) is 11.3 Å². The van der Waals surface area contributed by atoms with E-state index < -0.39 is 20.6 Å². The summed E-state index contributed by atoms with van der Waals surface area (Å²) < 4.78 is 40.8. The molecule has 1 heterocycles. The van der Waals surface area contributed by atoms with Crippen LogP contribution in [0.15, 0.2) is 33.3 Å². The van der Waals surface area contributed by atoms with E-state index in [0.717, 1.165) is 0 Å². The van der Waals surface area contributed by atoms with Gasteiger partial charge in [-0.1, -0.05) is 21.1 Å². The van der Waals surface area contributed by atoms with Gasteiger partial charge in [0.1, 0.15) is 17.3 Å². The van der Waals surface area contributed by atoms with Gasteiger partial charge in [-0.2, -0.15) is 0 Å². The molecule has 8 heteroatoms. The molecule has 0 radical (unpaired) electrons. The Morgan fingerprint density at radius 2 is 2.11 bits per heavy atom. The van der Waals surface area contributed by atoms with Gasteiger partial charge in [0.2, 0.25) is 9.05 Å². The molecule has 0 saturated heterocycles. The van der Waals surface area contributed by atoms with E-state index in [1.807, 2.05) is 0 Å². The molecule has 1 aromatic carbocycles. The van der Waals surface area contributed by atoms with Crippen LogP contribution >= 0.6 is 26.6 Å². The zero-order chi connectivity index (χ0) is 13.3. The van der Waals surface area contributed by atoms with Gasteiger partial charge in [0, 0.05) is 21.2 Å². The fourth-order valence-corrected chi connectivity index (χ4v) is 2.53. The Morgan fingerprint density at radius 3 is 2.72 bits per heavy atom. The summed E-state index contributed by atoms with van der Waals surface area (Å²) in [4.78, 5) is 0. The first-order valence-corrected chi connectivity index (χ1v) is 7.95. The summed E-state index contributed by atoms with van der Waals surface area (Å²) in [6.45, 7) is 0. The second kappa shape index (κ2) is 4.99. The molecule has 4 nitrogen and oxygen atoms in total. The Labute approximate surface area is 115 Å². The average molecular weight is 355 g/mol. The number of halogens is 3. The molecule has 0 amide bonds. The molecule has 96 valence electrons. The van der Waals surface area contributed by atoms with Crippen molar-refractivity contribution in [1.82, 2.24) is 5.16 Å². The molecule has 0 aliphatic carbocycles. The molecule has 0 saturated carbocycles. The quantitative estimate of drug-likeness (QED) is 0.793. The number of rotatable bonds is 3. The second-order valence-corrected chi connectivity index (χ2v) is 7.18. The van der Waals surface area contributed by atoms with Crippen LogP contribution in [0.5, 0.6) is 0 Å². The third kappa shape index (κ3) is 3.30. The van der Waals surface area contributed by atoms with Gasteiger partial charge in [-0.05, 0) is 18.2 Å². The van der Waals surface area contributed by atoms with E-state index in [9.17, 15) is 12.8 Å². The molecule has 0 fully saturated rings. The molecule has 0 aliphatic rings. The molecule has 1 aromatic heterocycles. The Balaban J connectivity index is 2.35. The number of hydrogen-bond acceptors (Lipinski definition) is 4. The van der Waals surface area contributed by atoms with Gasteiger partial charge in [0.05, 0.1) is 5.56 Å². The van der Waals surface area contributed by atoms with Crippen molar-refractivity contribution in [2.45, 2.75) is 5.75 Å². The molecule has 18 heavy (non-hydrogen) atoms. The van der Waals surface area contributed by atoms with E-state index in [-0.39, 0.29) is 17.0 Å². The van der Waals surface area contributed by atoms with Crippen LogP contribution in [0.3, 0.4) is 0 Å². The van der Waals surface area contributed by atoms with Gasteiger partial charge in [-0.15, -0.1) is 0 Å².